The number of aryl methyl sites for hydroxylation is 1. The van der Waals surface area contributed by atoms with E-state index in [9.17, 15) is 9.59 Å². The first-order valence-corrected chi connectivity index (χ1v) is 14.3. The molecule has 1 N–H and O–H groups in total. The van der Waals surface area contributed by atoms with Gasteiger partial charge in [-0.3, -0.25) is 9.59 Å². The predicted octanol–water partition coefficient (Wildman–Crippen LogP) is 6.94. The number of nitrogens with one attached hydrogen (secondary N) is 1. The number of carbonyl (C=O) groups excluding carboxylic acids is 2. The molecule has 3 aromatic rings. The van der Waals surface area contributed by atoms with Crippen LogP contribution >= 0.6 is 23.5 Å². The lowest BCUT2D eigenvalue weighted by Gasteiger charge is -2.31. The van der Waals surface area contributed by atoms with Gasteiger partial charge in [0.1, 0.15) is 0 Å². The lowest BCUT2D eigenvalue weighted by Crippen LogP contribution is -2.34. The number of nitrogens with zero attached hydrogens (tertiary/aromatic N) is 1. The number of thioether (sulfide) groups is 2. The summed E-state index contributed by atoms with van der Waals surface area (Å²) in [6.07, 6.45) is 4.06. The van der Waals surface area contributed by atoms with Gasteiger partial charge < -0.3 is 10.2 Å². The fourth-order valence-corrected chi connectivity index (χ4v) is 5.91. The third-order valence-electron chi connectivity index (χ3n) is 5.81. The number of anilines is 1. The van der Waals surface area contributed by atoms with Crippen molar-refractivity contribution in [3.8, 4) is 0 Å². The lowest BCUT2D eigenvalue weighted by atomic mass is 10.1. The molecule has 0 saturated carbocycles. The molecule has 1 aliphatic heterocycles. The van der Waals surface area contributed by atoms with Gasteiger partial charge in [0.2, 0.25) is 0 Å². The minimum absolute atomic E-state index is 0.0524. The van der Waals surface area contributed by atoms with Gasteiger partial charge in [-0.2, -0.15) is 11.8 Å². The van der Waals surface area contributed by atoms with Crippen LogP contribution in [0, 0.1) is 6.92 Å². The van der Waals surface area contributed by atoms with E-state index in [-0.39, 0.29) is 11.8 Å². The molecule has 1 aliphatic rings. The van der Waals surface area contributed by atoms with Crippen molar-refractivity contribution in [3.63, 3.8) is 0 Å². The average Bonchev–Trinajstić information content (AvgIpc) is 2.89. The molecule has 0 aromatic heterocycles. The Hall–Kier alpha value is -2.96. The van der Waals surface area contributed by atoms with Gasteiger partial charge in [0.05, 0.1) is 17.1 Å². The van der Waals surface area contributed by atoms with Crippen LogP contribution in [0.25, 0.3) is 6.08 Å². The van der Waals surface area contributed by atoms with Gasteiger partial charge >= 0.3 is 0 Å². The molecule has 36 heavy (non-hydrogen) atoms. The zero-order chi connectivity index (χ0) is 25.3. The van der Waals surface area contributed by atoms with E-state index in [4.69, 9.17) is 0 Å². The molecular weight excluding hydrogens is 484 g/mol. The zero-order valence-corrected chi connectivity index (χ0v) is 22.5. The first-order chi connectivity index (χ1) is 17.5. The Labute approximate surface area is 222 Å². The van der Waals surface area contributed by atoms with Crippen molar-refractivity contribution in [1.82, 2.24) is 5.32 Å². The van der Waals surface area contributed by atoms with E-state index in [2.05, 4.69) is 31.3 Å². The number of fused-ring (bicyclic) bond motifs is 1. The van der Waals surface area contributed by atoms with Crippen LogP contribution in [0.5, 0.6) is 0 Å². The summed E-state index contributed by atoms with van der Waals surface area (Å²) < 4.78 is 0. The number of hydrogen-bond acceptors (Lipinski definition) is 4. The van der Waals surface area contributed by atoms with E-state index in [1.807, 2.05) is 78.5 Å². The SMILES string of the molecule is CCCSCCCNC(=O)c1ccc2c(c1)N(Cc1cccc(C)c1)C(=O)/C(=C/c1ccccc1)S2. The molecule has 6 heteroatoms. The van der Waals surface area contributed by atoms with E-state index in [1.54, 1.807) is 4.90 Å². The van der Waals surface area contributed by atoms with E-state index in [1.165, 1.54) is 18.2 Å². The highest BCUT2D eigenvalue weighted by atomic mass is 32.2. The first kappa shape index (κ1) is 26.1. The van der Waals surface area contributed by atoms with Crippen LogP contribution in [0.3, 0.4) is 0 Å². The Morgan fingerprint density at radius 3 is 2.64 bits per heavy atom. The van der Waals surface area contributed by atoms with Crippen molar-refractivity contribution in [2.75, 3.05) is 23.0 Å². The largest absolute Gasteiger partial charge is 0.352 e. The second-order valence-electron chi connectivity index (χ2n) is 8.81. The third kappa shape index (κ3) is 6.83. The Balaban J connectivity index is 1.59. The van der Waals surface area contributed by atoms with Gasteiger partial charge in [-0.15, -0.1) is 0 Å². The Morgan fingerprint density at radius 2 is 1.86 bits per heavy atom. The molecule has 4 nitrogen and oxygen atoms in total. The molecule has 0 bridgehead atoms. The van der Waals surface area contributed by atoms with Crippen LogP contribution in [0.2, 0.25) is 0 Å². The summed E-state index contributed by atoms with van der Waals surface area (Å²) in [5.74, 6) is 2.05. The summed E-state index contributed by atoms with van der Waals surface area (Å²) in [6, 6.07) is 23.8. The lowest BCUT2D eigenvalue weighted by molar-refractivity contribution is -0.114. The average molecular weight is 517 g/mol. The fourth-order valence-electron chi connectivity index (χ4n) is 4.03. The number of amides is 2. The normalized spacial score (nSPS) is 14.1. The molecule has 0 spiro atoms. The van der Waals surface area contributed by atoms with Crippen molar-refractivity contribution in [1.29, 1.82) is 0 Å². The summed E-state index contributed by atoms with van der Waals surface area (Å²) in [6.45, 7) is 5.32. The first-order valence-electron chi connectivity index (χ1n) is 12.4. The van der Waals surface area contributed by atoms with Gasteiger partial charge in [0, 0.05) is 17.0 Å². The predicted molar refractivity (Wildman–Crippen MR) is 154 cm³/mol. The third-order valence-corrected chi connectivity index (χ3v) is 8.16. The summed E-state index contributed by atoms with van der Waals surface area (Å²) in [7, 11) is 0. The molecule has 0 atom stereocenters. The highest BCUT2D eigenvalue weighted by Gasteiger charge is 2.30. The van der Waals surface area contributed by atoms with Crippen LogP contribution in [0.1, 0.15) is 46.8 Å². The molecule has 4 rings (SSSR count). The summed E-state index contributed by atoms with van der Waals surface area (Å²) in [5.41, 5.74) is 4.55. The van der Waals surface area contributed by atoms with E-state index in [0.717, 1.165) is 45.2 Å². The molecule has 1 heterocycles. The van der Waals surface area contributed by atoms with Gasteiger partial charge in [0.25, 0.3) is 11.8 Å². The second kappa shape index (κ2) is 12.8. The molecular formula is C30H32N2O2S2. The van der Waals surface area contributed by atoms with Crippen LogP contribution < -0.4 is 10.2 Å². The number of carbonyl (C=O) groups is 2. The Bertz CT molecular complexity index is 1240. The molecule has 2 amide bonds. The van der Waals surface area contributed by atoms with Crippen molar-refractivity contribution in [2.24, 2.45) is 0 Å². The van der Waals surface area contributed by atoms with Gasteiger partial charge in [-0.05, 0) is 66.7 Å². The van der Waals surface area contributed by atoms with Crippen LogP contribution in [-0.2, 0) is 11.3 Å². The van der Waals surface area contributed by atoms with Crippen molar-refractivity contribution in [3.05, 3.63) is 100.0 Å². The van der Waals surface area contributed by atoms with Crippen LogP contribution in [0.4, 0.5) is 5.69 Å². The van der Waals surface area contributed by atoms with E-state index >= 15 is 0 Å². The highest BCUT2D eigenvalue weighted by Crippen LogP contribution is 2.43. The van der Waals surface area contributed by atoms with E-state index < -0.39 is 0 Å². The quantitative estimate of drug-likeness (QED) is 0.234. The Kier molecular flexibility index (Phi) is 9.31. The number of hydrogen-bond donors (Lipinski definition) is 1. The molecule has 3 aromatic carbocycles. The maximum Gasteiger partial charge on any atom is 0.265 e. The van der Waals surface area contributed by atoms with E-state index in [0.29, 0.717) is 23.6 Å². The number of rotatable bonds is 10. The smallest absolute Gasteiger partial charge is 0.265 e. The maximum atomic E-state index is 13.7. The second-order valence-corrected chi connectivity index (χ2v) is 11.1. The monoisotopic (exact) mass is 516 g/mol. The summed E-state index contributed by atoms with van der Waals surface area (Å²) >= 11 is 3.38. The highest BCUT2D eigenvalue weighted by molar-refractivity contribution is 8.04. The molecule has 0 unspecified atom stereocenters. The molecule has 0 saturated heterocycles. The minimum atomic E-state index is -0.100. The van der Waals surface area contributed by atoms with Crippen LogP contribution in [0.15, 0.2) is 82.6 Å². The zero-order valence-electron chi connectivity index (χ0n) is 20.8. The molecule has 0 radical (unpaired) electrons. The van der Waals surface area contributed by atoms with Gasteiger partial charge in [-0.1, -0.05) is 78.8 Å². The summed E-state index contributed by atoms with van der Waals surface area (Å²) in [5, 5.41) is 3.03. The molecule has 0 fully saturated rings. The number of benzene rings is 3. The van der Waals surface area contributed by atoms with Crippen molar-refractivity contribution in [2.45, 2.75) is 38.1 Å². The fraction of sp³-hybridized carbons (Fsp3) is 0.267. The molecule has 186 valence electrons. The molecule has 0 aliphatic carbocycles. The van der Waals surface area contributed by atoms with Gasteiger partial charge in [0.15, 0.2) is 0 Å². The standard InChI is InChI=1S/C30H32N2O2S2/c1-3-16-35-17-8-15-31-29(33)25-13-14-27-26(20-25)32(21-24-12-7-9-22(2)18-24)30(34)28(36-27)19-23-10-5-4-6-11-23/h4-7,9-14,18-20H,3,8,15-17,21H2,1-2H3,(H,31,33)/b28-19-. The minimum Gasteiger partial charge on any atom is -0.352 e. The van der Waals surface area contributed by atoms with Crippen molar-refractivity contribution < 1.29 is 9.59 Å². The topological polar surface area (TPSA) is 49.4 Å². The summed E-state index contributed by atoms with van der Waals surface area (Å²) in [4.78, 5) is 30.0. The van der Waals surface area contributed by atoms with Crippen molar-refractivity contribution >= 4 is 47.1 Å². The Morgan fingerprint density at radius 1 is 1.03 bits per heavy atom. The maximum absolute atomic E-state index is 13.7. The van der Waals surface area contributed by atoms with Gasteiger partial charge in [-0.25, -0.2) is 0 Å². The van der Waals surface area contributed by atoms with Crippen LogP contribution in [-0.4, -0.2) is 29.9 Å².